The third-order valence-electron chi connectivity index (χ3n) is 1.42. The van der Waals surface area contributed by atoms with Crippen LogP contribution in [0.2, 0.25) is 0 Å². The van der Waals surface area contributed by atoms with Gasteiger partial charge in [0.2, 0.25) is 5.91 Å². The van der Waals surface area contributed by atoms with Gasteiger partial charge in [0.15, 0.2) is 17.5 Å². The van der Waals surface area contributed by atoms with Crippen LogP contribution in [0.4, 0.5) is 0 Å². The zero-order valence-corrected chi connectivity index (χ0v) is 5.70. The summed E-state index contributed by atoms with van der Waals surface area (Å²) in [7, 11) is 0. The quantitative estimate of drug-likeness (QED) is 0.457. The summed E-state index contributed by atoms with van der Waals surface area (Å²) in [5.41, 5.74) is 4.81. The third-order valence-corrected chi connectivity index (χ3v) is 1.42. The number of ketones is 2. The molecule has 0 aromatic carbocycles. The molecule has 2 N–H and O–H groups in total. The van der Waals surface area contributed by atoms with E-state index in [2.05, 4.69) is 4.74 Å². The van der Waals surface area contributed by atoms with E-state index in [0.717, 1.165) is 0 Å². The number of nitrogens with two attached hydrogens (primary N) is 1. The second-order valence-corrected chi connectivity index (χ2v) is 2.26. The fourth-order valence-corrected chi connectivity index (χ4v) is 0.916. The monoisotopic (exact) mass is 157 g/mol. The van der Waals surface area contributed by atoms with Crippen molar-refractivity contribution in [3.8, 4) is 0 Å². The van der Waals surface area contributed by atoms with Gasteiger partial charge in [-0.25, -0.2) is 0 Å². The van der Waals surface area contributed by atoms with Gasteiger partial charge in [-0.3, -0.25) is 14.4 Å². The maximum Gasteiger partial charge on any atom is 0.235 e. The van der Waals surface area contributed by atoms with Crippen LogP contribution >= 0.6 is 0 Å². The van der Waals surface area contributed by atoms with E-state index < -0.39 is 23.4 Å². The molecule has 11 heavy (non-hydrogen) atoms. The van der Waals surface area contributed by atoms with Crippen molar-refractivity contribution in [1.82, 2.24) is 0 Å². The van der Waals surface area contributed by atoms with Crippen LogP contribution in [-0.4, -0.2) is 30.7 Å². The molecule has 60 valence electrons. The lowest BCUT2D eigenvalue weighted by atomic mass is 9.97. The molecule has 1 saturated heterocycles. The van der Waals surface area contributed by atoms with Crippen molar-refractivity contribution in [1.29, 1.82) is 0 Å². The summed E-state index contributed by atoms with van der Waals surface area (Å²) < 4.78 is 4.57. The van der Waals surface area contributed by atoms with Crippen LogP contribution in [0.5, 0.6) is 0 Å². The van der Waals surface area contributed by atoms with E-state index in [1.807, 2.05) is 0 Å². The molecule has 1 heterocycles. The molecular formula is C6H7NO4. The molecule has 0 saturated carbocycles. The number of carbonyl (C=O) groups excluding carboxylic acids is 3. The van der Waals surface area contributed by atoms with Gasteiger partial charge in [0, 0.05) is 0 Å². The van der Waals surface area contributed by atoms with E-state index in [1.165, 1.54) is 0 Å². The molecule has 0 aromatic heterocycles. The van der Waals surface area contributed by atoms with Crippen molar-refractivity contribution in [2.24, 2.45) is 11.7 Å². The van der Waals surface area contributed by atoms with E-state index in [4.69, 9.17) is 5.73 Å². The van der Waals surface area contributed by atoms with E-state index in [1.54, 1.807) is 0 Å². The molecule has 1 aliphatic rings. The summed E-state index contributed by atoms with van der Waals surface area (Å²) in [6.45, 7) is -0.390. The topological polar surface area (TPSA) is 86.5 Å². The molecule has 0 aromatic rings. The van der Waals surface area contributed by atoms with Crippen molar-refractivity contribution in [2.45, 2.75) is 0 Å². The summed E-state index contributed by atoms with van der Waals surface area (Å²) in [4.78, 5) is 32.1. The fourth-order valence-electron chi connectivity index (χ4n) is 0.916. The number of hydrogen-bond acceptors (Lipinski definition) is 4. The minimum absolute atomic E-state index is 0.195. The van der Waals surface area contributed by atoms with E-state index in [-0.39, 0.29) is 13.2 Å². The number of carbonyl (C=O) groups is 3. The molecular weight excluding hydrogens is 150 g/mol. The number of rotatable bonds is 1. The molecule has 1 rings (SSSR count). The highest BCUT2D eigenvalue weighted by Crippen LogP contribution is 2.06. The highest BCUT2D eigenvalue weighted by Gasteiger charge is 2.35. The molecule has 0 aliphatic carbocycles. The van der Waals surface area contributed by atoms with Crippen LogP contribution in [0, 0.1) is 5.92 Å². The number of amides is 1. The van der Waals surface area contributed by atoms with Gasteiger partial charge in [0.1, 0.15) is 13.2 Å². The van der Waals surface area contributed by atoms with E-state index >= 15 is 0 Å². The Bertz CT molecular complexity index is 207. The first-order chi connectivity index (χ1) is 5.13. The Labute approximate surface area is 62.5 Å². The summed E-state index contributed by atoms with van der Waals surface area (Å²) in [5, 5.41) is 0. The van der Waals surface area contributed by atoms with Gasteiger partial charge in [0.05, 0.1) is 0 Å². The number of primary amides is 1. The van der Waals surface area contributed by atoms with Crippen molar-refractivity contribution in [2.75, 3.05) is 13.2 Å². The third kappa shape index (κ3) is 1.43. The van der Waals surface area contributed by atoms with E-state index in [9.17, 15) is 14.4 Å². The van der Waals surface area contributed by atoms with Gasteiger partial charge in [-0.1, -0.05) is 0 Å². The Hall–Kier alpha value is -1.23. The molecule has 5 nitrogen and oxygen atoms in total. The van der Waals surface area contributed by atoms with Crippen molar-refractivity contribution in [3.05, 3.63) is 0 Å². The second kappa shape index (κ2) is 2.79. The maximum atomic E-state index is 10.8. The average molecular weight is 157 g/mol. The Morgan fingerprint density at radius 3 is 2.09 bits per heavy atom. The summed E-state index contributed by atoms with van der Waals surface area (Å²) in [6, 6.07) is 0. The van der Waals surface area contributed by atoms with Crippen molar-refractivity contribution < 1.29 is 19.1 Å². The first kappa shape index (κ1) is 7.87. The molecule has 0 unspecified atom stereocenters. The molecule has 1 fully saturated rings. The lowest BCUT2D eigenvalue weighted by Crippen LogP contribution is -2.44. The standard InChI is InChI=1S/C6H7NO4/c7-6(10)5-3(8)1-11-2-4(5)9/h5H,1-2H2,(H2,7,10). The van der Waals surface area contributed by atoms with Crippen molar-refractivity contribution in [3.63, 3.8) is 0 Å². The van der Waals surface area contributed by atoms with Crippen LogP contribution < -0.4 is 5.73 Å². The minimum Gasteiger partial charge on any atom is -0.369 e. The minimum atomic E-state index is -1.27. The van der Waals surface area contributed by atoms with E-state index in [0.29, 0.717) is 0 Å². The van der Waals surface area contributed by atoms with Crippen LogP contribution in [0.15, 0.2) is 0 Å². The Kier molecular flexibility index (Phi) is 2.00. The normalized spacial score (nSPS) is 20.4. The second-order valence-electron chi connectivity index (χ2n) is 2.26. The molecule has 1 amide bonds. The molecule has 0 spiro atoms. The highest BCUT2D eigenvalue weighted by molar-refractivity contribution is 6.20. The smallest absolute Gasteiger partial charge is 0.235 e. The predicted molar refractivity (Wildman–Crippen MR) is 33.5 cm³/mol. The van der Waals surface area contributed by atoms with Gasteiger partial charge < -0.3 is 10.5 Å². The lowest BCUT2D eigenvalue weighted by Gasteiger charge is -2.15. The van der Waals surface area contributed by atoms with Gasteiger partial charge >= 0.3 is 0 Å². The fraction of sp³-hybridized carbons (Fsp3) is 0.500. The van der Waals surface area contributed by atoms with Crippen LogP contribution in [0.25, 0.3) is 0 Å². The first-order valence-corrected chi connectivity index (χ1v) is 3.05. The first-order valence-electron chi connectivity index (χ1n) is 3.05. The highest BCUT2D eigenvalue weighted by atomic mass is 16.5. The van der Waals surface area contributed by atoms with Crippen LogP contribution in [0.3, 0.4) is 0 Å². The Balaban J connectivity index is 2.79. The predicted octanol–water partition coefficient (Wildman–Crippen LogP) is -1.74. The summed E-state index contributed by atoms with van der Waals surface area (Å²) in [6.07, 6.45) is 0. The van der Waals surface area contributed by atoms with Gasteiger partial charge in [0.25, 0.3) is 0 Å². The maximum absolute atomic E-state index is 10.8. The van der Waals surface area contributed by atoms with Gasteiger partial charge in [-0.2, -0.15) is 0 Å². The molecule has 0 atom stereocenters. The van der Waals surface area contributed by atoms with Gasteiger partial charge in [-0.05, 0) is 0 Å². The average Bonchev–Trinajstić information content (AvgIpc) is 1.85. The molecule has 1 aliphatic heterocycles. The lowest BCUT2D eigenvalue weighted by molar-refractivity contribution is -0.149. The molecule has 5 heteroatoms. The Morgan fingerprint density at radius 2 is 1.82 bits per heavy atom. The zero-order chi connectivity index (χ0) is 8.43. The Morgan fingerprint density at radius 1 is 1.36 bits per heavy atom. The molecule has 0 radical (unpaired) electrons. The number of Topliss-reactive ketones (excluding diaryl/α,β-unsaturated/α-hetero) is 2. The largest absolute Gasteiger partial charge is 0.369 e. The number of ether oxygens (including phenoxy) is 1. The van der Waals surface area contributed by atoms with Crippen molar-refractivity contribution >= 4 is 17.5 Å². The summed E-state index contributed by atoms with van der Waals surface area (Å²) in [5.74, 6) is -3.26. The zero-order valence-electron chi connectivity index (χ0n) is 5.70. The van der Waals surface area contributed by atoms with Crippen LogP contribution in [-0.2, 0) is 19.1 Å². The van der Waals surface area contributed by atoms with Crippen LogP contribution in [0.1, 0.15) is 0 Å². The number of hydrogen-bond donors (Lipinski definition) is 1. The SMILES string of the molecule is NC(=O)C1C(=O)COCC1=O. The van der Waals surface area contributed by atoms with Gasteiger partial charge in [-0.15, -0.1) is 0 Å². The molecule has 0 bridgehead atoms. The summed E-state index contributed by atoms with van der Waals surface area (Å²) >= 11 is 0.